The summed E-state index contributed by atoms with van der Waals surface area (Å²) < 4.78 is 4.50. The molecule has 0 radical (unpaired) electrons. The molecule has 0 aliphatic carbocycles. The van der Waals surface area contributed by atoms with Gasteiger partial charge in [0, 0.05) is 0 Å². The molecule has 0 N–H and O–H groups in total. The first-order valence-corrected chi connectivity index (χ1v) is 4.65. The molecule has 0 unspecified atom stereocenters. The monoisotopic (exact) mass is 232 g/mol. The molecule has 8 nitrogen and oxygen atoms in total. The standard InChI is InChI=1S/C9H8N6O2/c1-5-12-14-8(15-13-5)6-3-11-7(4-10-6)9(16)17-2/h3-4H,1-2H3. The molecule has 0 saturated carbocycles. The first kappa shape index (κ1) is 11.0. The number of ether oxygens (including phenoxy) is 1. The second kappa shape index (κ2) is 4.56. The topological polar surface area (TPSA) is 104 Å². The van der Waals surface area contributed by atoms with Gasteiger partial charge in [-0.15, -0.1) is 20.4 Å². The van der Waals surface area contributed by atoms with Crippen LogP contribution in [-0.2, 0) is 4.74 Å². The number of hydrogen-bond acceptors (Lipinski definition) is 8. The highest BCUT2D eigenvalue weighted by molar-refractivity contribution is 5.86. The fraction of sp³-hybridized carbons (Fsp3) is 0.222. The fourth-order valence-electron chi connectivity index (χ4n) is 1.04. The van der Waals surface area contributed by atoms with Crippen molar-refractivity contribution in [3.8, 4) is 11.5 Å². The van der Waals surface area contributed by atoms with E-state index in [1.807, 2.05) is 0 Å². The molecule has 0 amide bonds. The van der Waals surface area contributed by atoms with E-state index in [-0.39, 0.29) is 11.5 Å². The molecule has 86 valence electrons. The number of esters is 1. The van der Waals surface area contributed by atoms with Crippen LogP contribution in [0.25, 0.3) is 11.5 Å². The highest BCUT2D eigenvalue weighted by Gasteiger charge is 2.10. The minimum absolute atomic E-state index is 0.115. The van der Waals surface area contributed by atoms with Crippen molar-refractivity contribution in [2.75, 3.05) is 7.11 Å². The van der Waals surface area contributed by atoms with E-state index < -0.39 is 5.97 Å². The summed E-state index contributed by atoms with van der Waals surface area (Å²) in [6.45, 7) is 1.68. The largest absolute Gasteiger partial charge is 0.464 e. The molecule has 8 heteroatoms. The van der Waals surface area contributed by atoms with Gasteiger partial charge in [-0.2, -0.15) is 0 Å². The summed E-state index contributed by atoms with van der Waals surface area (Å²) in [5.74, 6) is 0.164. The van der Waals surface area contributed by atoms with Crippen molar-refractivity contribution >= 4 is 5.97 Å². The number of nitrogens with zero attached hydrogens (tertiary/aromatic N) is 6. The molecule has 0 aromatic carbocycles. The number of carbonyl (C=O) groups excluding carboxylic acids is 1. The molecule has 2 aromatic rings. The van der Waals surface area contributed by atoms with Gasteiger partial charge in [-0.3, -0.25) is 0 Å². The normalized spacial score (nSPS) is 10.0. The smallest absolute Gasteiger partial charge is 0.358 e. The first-order chi connectivity index (χ1) is 8.20. The molecule has 2 heterocycles. The molecule has 0 spiro atoms. The van der Waals surface area contributed by atoms with E-state index in [1.165, 1.54) is 19.5 Å². The van der Waals surface area contributed by atoms with Crippen molar-refractivity contribution in [1.82, 2.24) is 30.4 Å². The summed E-state index contributed by atoms with van der Waals surface area (Å²) in [6.07, 6.45) is 2.64. The lowest BCUT2D eigenvalue weighted by Crippen LogP contribution is -2.06. The van der Waals surface area contributed by atoms with Gasteiger partial charge in [0.25, 0.3) is 0 Å². The predicted molar refractivity (Wildman–Crippen MR) is 54.7 cm³/mol. The van der Waals surface area contributed by atoms with Gasteiger partial charge in [0.1, 0.15) is 5.69 Å². The number of methoxy groups -OCH3 is 1. The summed E-state index contributed by atoms with van der Waals surface area (Å²) in [5, 5.41) is 15.1. The van der Waals surface area contributed by atoms with Crippen LogP contribution in [0.15, 0.2) is 12.4 Å². The van der Waals surface area contributed by atoms with Crippen LogP contribution in [0.5, 0.6) is 0 Å². The molecular weight excluding hydrogens is 224 g/mol. The summed E-state index contributed by atoms with van der Waals surface area (Å²) in [5.41, 5.74) is 0.502. The number of carbonyl (C=O) groups is 1. The van der Waals surface area contributed by atoms with Crippen LogP contribution in [0.1, 0.15) is 16.3 Å². The summed E-state index contributed by atoms with van der Waals surface area (Å²) >= 11 is 0. The molecule has 2 rings (SSSR count). The van der Waals surface area contributed by atoms with Crippen molar-refractivity contribution in [2.24, 2.45) is 0 Å². The third-order valence-electron chi connectivity index (χ3n) is 1.85. The highest BCUT2D eigenvalue weighted by Crippen LogP contribution is 2.07. The van der Waals surface area contributed by atoms with Crippen LogP contribution in [0.3, 0.4) is 0 Å². The van der Waals surface area contributed by atoms with Crippen LogP contribution in [0.4, 0.5) is 0 Å². The molecule has 0 bridgehead atoms. The van der Waals surface area contributed by atoms with Crippen LogP contribution >= 0.6 is 0 Å². The van der Waals surface area contributed by atoms with E-state index in [2.05, 4.69) is 35.1 Å². The second-order valence-electron chi connectivity index (χ2n) is 3.05. The lowest BCUT2D eigenvalue weighted by molar-refractivity contribution is 0.0593. The zero-order chi connectivity index (χ0) is 12.3. The van der Waals surface area contributed by atoms with Crippen molar-refractivity contribution in [1.29, 1.82) is 0 Å². The average Bonchev–Trinajstić information content (AvgIpc) is 2.39. The Balaban J connectivity index is 2.29. The van der Waals surface area contributed by atoms with Gasteiger partial charge < -0.3 is 4.74 Å². The Morgan fingerprint density at radius 2 is 1.82 bits per heavy atom. The molecule has 0 saturated heterocycles. The van der Waals surface area contributed by atoms with E-state index in [1.54, 1.807) is 6.92 Å². The number of rotatable bonds is 2. The zero-order valence-electron chi connectivity index (χ0n) is 9.15. The van der Waals surface area contributed by atoms with Gasteiger partial charge >= 0.3 is 5.97 Å². The maximum absolute atomic E-state index is 11.1. The van der Waals surface area contributed by atoms with Gasteiger partial charge in [-0.05, 0) is 6.92 Å². The maximum Gasteiger partial charge on any atom is 0.358 e. The molecule has 0 atom stereocenters. The Hall–Kier alpha value is -2.51. The number of aromatic nitrogens is 6. The molecule has 0 aliphatic rings. The van der Waals surface area contributed by atoms with E-state index in [4.69, 9.17) is 0 Å². The minimum atomic E-state index is -0.551. The zero-order valence-corrected chi connectivity index (χ0v) is 9.15. The quantitative estimate of drug-likeness (QED) is 0.656. The van der Waals surface area contributed by atoms with Crippen molar-refractivity contribution in [3.63, 3.8) is 0 Å². The third kappa shape index (κ3) is 2.36. The SMILES string of the molecule is COC(=O)c1cnc(-c2nnc(C)nn2)cn1. The molecule has 17 heavy (non-hydrogen) atoms. The summed E-state index contributed by atoms with van der Waals surface area (Å²) in [4.78, 5) is 19.0. The first-order valence-electron chi connectivity index (χ1n) is 4.65. The van der Waals surface area contributed by atoms with Gasteiger partial charge in [-0.25, -0.2) is 14.8 Å². The van der Waals surface area contributed by atoms with Gasteiger partial charge in [0.05, 0.1) is 19.5 Å². The average molecular weight is 232 g/mol. The third-order valence-corrected chi connectivity index (χ3v) is 1.85. The predicted octanol–water partition coefficient (Wildman–Crippen LogP) is -0.181. The number of hydrogen-bond donors (Lipinski definition) is 0. The van der Waals surface area contributed by atoms with E-state index in [0.29, 0.717) is 11.5 Å². The Morgan fingerprint density at radius 1 is 1.12 bits per heavy atom. The Labute approximate surface area is 96.1 Å². The van der Waals surface area contributed by atoms with Crippen LogP contribution in [0.2, 0.25) is 0 Å². The van der Waals surface area contributed by atoms with Crippen molar-refractivity contribution < 1.29 is 9.53 Å². The molecular formula is C9H8N6O2. The molecule has 0 fully saturated rings. The summed E-state index contributed by atoms with van der Waals surface area (Å²) in [7, 11) is 1.27. The second-order valence-corrected chi connectivity index (χ2v) is 3.05. The number of aryl methyl sites for hydroxylation is 1. The van der Waals surface area contributed by atoms with E-state index >= 15 is 0 Å². The Bertz CT molecular complexity index is 524. The van der Waals surface area contributed by atoms with Gasteiger partial charge in [0.2, 0.25) is 5.82 Å². The van der Waals surface area contributed by atoms with E-state index in [9.17, 15) is 4.79 Å². The Kier molecular flexibility index (Phi) is 2.95. The minimum Gasteiger partial charge on any atom is -0.464 e. The van der Waals surface area contributed by atoms with Crippen LogP contribution in [-0.4, -0.2) is 43.4 Å². The lowest BCUT2D eigenvalue weighted by atomic mass is 10.4. The highest BCUT2D eigenvalue weighted by atomic mass is 16.5. The fourth-order valence-corrected chi connectivity index (χ4v) is 1.04. The van der Waals surface area contributed by atoms with Crippen LogP contribution < -0.4 is 0 Å². The summed E-state index contributed by atoms with van der Waals surface area (Å²) in [6, 6.07) is 0. The van der Waals surface area contributed by atoms with Crippen LogP contribution in [0, 0.1) is 6.92 Å². The van der Waals surface area contributed by atoms with Crippen molar-refractivity contribution in [3.05, 3.63) is 23.9 Å². The molecule has 2 aromatic heterocycles. The Morgan fingerprint density at radius 3 is 2.35 bits per heavy atom. The van der Waals surface area contributed by atoms with E-state index in [0.717, 1.165) is 0 Å². The van der Waals surface area contributed by atoms with Gasteiger partial charge in [0.15, 0.2) is 11.5 Å². The van der Waals surface area contributed by atoms with Gasteiger partial charge in [-0.1, -0.05) is 0 Å². The molecule has 0 aliphatic heterocycles. The lowest BCUT2D eigenvalue weighted by Gasteiger charge is -1.99. The van der Waals surface area contributed by atoms with Crippen molar-refractivity contribution in [2.45, 2.75) is 6.92 Å². The maximum atomic E-state index is 11.1.